The fraction of sp³-hybridized carbons (Fsp3) is 0.130. The Morgan fingerprint density at radius 2 is 1.78 bits per heavy atom. The standard InChI is InChI=1S/C23H19N5O3S/c29-23(27-22-9-6-16-14-24-12-10-20(16)26-22)19-13-18(19)15-4-7-17(8-5-15)32(30,31)28-21-3-1-2-11-25-21/h1-12,14,18-19H,13H2,(H,25,28)(H,26,27,29)/t18?,19-/m1/s1. The number of hydrogen-bond donors (Lipinski definition) is 2. The number of aromatic nitrogens is 3. The SMILES string of the molecule is O=C(Nc1ccc2cnccc2n1)[C@@H]1CC1c1ccc(S(=O)(=O)Nc2ccccn2)cc1. The molecule has 3 heterocycles. The number of benzene rings is 1. The first kappa shape index (κ1) is 20.1. The van der Waals surface area contributed by atoms with Crippen molar-refractivity contribution in [3.63, 3.8) is 0 Å². The van der Waals surface area contributed by atoms with Crippen molar-refractivity contribution < 1.29 is 13.2 Å². The Kier molecular flexibility index (Phi) is 5.02. The number of pyridine rings is 3. The summed E-state index contributed by atoms with van der Waals surface area (Å²) < 4.78 is 27.5. The maximum atomic E-state index is 12.6. The number of rotatable bonds is 6. The minimum Gasteiger partial charge on any atom is -0.310 e. The number of fused-ring (bicyclic) bond motifs is 1. The van der Waals surface area contributed by atoms with E-state index in [9.17, 15) is 13.2 Å². The summed E-state index contributed by atoms with van der Waals surface area (Å²) in [7, 11) is -3.73. The Balaban J connectivity index is 1.24. The van der Waals surface area contributed by atoms with E-state index in [0.29, 0.717) is 12.2 Å². The number of amides is 1. The highest BCUT2D eigenvalue weighted by Crippen LogP contribution is 2.48. The van der Waals surface area contributed by atoms with E-state index < -0.39 is 10.0 Å². The van der Waals surface area contributed by atoms with E-state index in [2.05, 4.69) is 25.0 Å². The summed E-state index contributed by atoms with van der Waals surface area (Å²) in [6, 6.07) is 17.0. The van der Waals surface area contributed by atoms with Crippen molar-refractivity contribution in [1.29, 1.82) is 0 Å². The van der Waals surface area contributed by atoms with Gasteiger partial charge >= 0.3 is 0 Å². The van der Waals surface area contributed by atoms with Crippen LogP contribution in [-0.2, 0) is 14.8 Å². The van der Waals surface area contributed by atoms with Crippen LogP contribution in [0.3, 0.4) is 0 Å². The molecule has 1 unspecified atom stereocenters. The van der Waals surface area contributed by atoms with Crippen LogP contribution < -0.4 is 10.0 Å². The summed E-state index contributed by atoms with van der Waals surface area (Å²) in [5.74, 6) is 0.555. The molecule has 2 N–H and O–H groups in total. The molecule has 1 amide bonds. The second-order valence-corrected chi connectivity index (χ2v) is 9.27. The van der Waals surface area contributed by atoms with Gasteiger partial charge in [-0.25, -0.2) is 18.4 Å². The van der Waals surface area contributed by atoms with Crippen LogP contribution in [0.4, 0.5) is 11.6 Å². The van der Waals surface area contributed by atoms with E-state index in [1.807, 2.05) is 6.07 Å². The zero-order chi connectivity index (χ0) is 22.1. The molecule has 0 aliphatic heterocycles. The van der Waals surface area contributed by atoms with Crippen LogP contribution in [0.1, 0.15) is 17.9 Å². The van der Waals surface area contributed by atoms with Gasteiger partial charge in [0, 0.05) is 29.9 Å². The Bertz CT molecular complexity index is 1390. The summed E-state index contributed by atoms with van der Waals surface area (Å²) in [5, 5.41) is 3.78. The number of carbonyl (C=O) groups is 1. The maximum Gasteiger partial charge on any atom is 0.263 e. The van der Waals surface area contributed by atoms with Crippen LogP contribution in [0.5, 0.6) is 0 Å². The van der Waals surface area contributed by atoms with Gasteiger partial charge in [0.15, 0.2) is 0 Å². The van der Waals surface area contributed by atoms with Crippen molar-refractivity contribution >= 4 is 38.5 Å². The molecule has 3 aromatic heterocycles. The van der Waals surface area contributed by atoms with Crippen LogP contribution in [-0.4, -0.2) is 29.3 Å². The molecule has 8 nitrogen and oxygen atoms in total. The highest BCUT2D eigenvalue weighted by atomic mass is 32.2. The van der Waals surface area contributed by atoms with Gasteiger partial charge in [0.1, 0.15) is 11.6 Å². The molecule has 4 aromatic rings. The Hall–Kier alpha value is -3.85. The Morgan fingerprint density at radius 3 is 2.56 bits per heavy atom. The normalized spacial score (nSPS) is 17.6. The molecule has 0 saturated heterocycles. The lowest BCUT2D eigenvalue weighted by Gasteiger charge is -2.08. The monoisotopic (exact) mass is 445 g/mol. The van der Waals surface area contributed by atoms with Crippen molar-refractivity contribution in [3.8, 4) is 0 Å². The average molecular weight is 446 g/mol. The second-order valence-electron chi connectivity index (χ2n) is 7.59. The zero-order valence-corrected chi connectivity index (χ0v) is 17.7. The molecule has 32 heavy (non-hydrogen) atoms. The molecule has 0 radical (unpaired) electrons. The van der Waals surface area contributed by atoms with Gasteiger partial charge in [0.05, 0.1) is 10.4 Å². The average Bonchev–Trinajstić information content (AvgIpc) is 3.61. The highest BCUT2D eigenvalue weighted by molar-refractivity contribution is 7.92. The van der Waals surface area contributed by atoms with Crippen molar-refractivity contribution in [2.24, 2.45) is 5.92 Å². The van der Waals surface area contributed by atoms with Gasteiger partial charge in [-0.05, 0) is 60.4 Å². The molecular weight excluding hydrogens is 426 g/mol. The van der Waals surface area contributed by atoms with Gasteiger partial charge in [-0.1, -0.05) is 18.2 Å². The summed E-state index contributed by atoms with van der Waals surface area (Å²) in [6.45, 7) is 0. The lowest BCUT2D eigenvalue weighted by Crippen LogP contribution is -2.15. The van der Waals surface area contributed by atoms with Crippen molar-refractivity contribution in [2.45, 2.75) is 17.2 Å². The van der Waals surface area contributed by atoms with Crippen LogP contribution in [0.2, 0.25) is 0 Å². The molecule has 1 aliphatic carbocycles. The first-order valence-electron chi connectivity index (χ1n) is 10.0. The summed E-state index contributed by atoms with van der Waals surface area (Å²) in [5.41, 5.74) is 1.70. The lowest BCUT2D eigenvalue weighted by atomic mass is 10.1. The molecule has 0 bridgehead atoms. The number of nitrogens with zero attached hydrogens (tertiary/aromatic N) is 3. The molecule has 2 atom stereocenters. The van der Waals surface area contributed by atoms with Crippen molar-refractivity contribution in [2.75, 3.05) is 10.0 Å². The van der Waals surface area contributed by atoms with Crippen LogP contribution in [0.15, 0.2) is 84.1 Å². The summed E-state index contributed by atoms with van der Waals surface area (Å²) in [4.78, 5) is 25.3. The van der Waals surface area contributed by atoms with Gasteiger partial charge in [-0.2, -0.15) is 0 Å². The lowest BCUT2D eigenvalue weighted by molar-refractivity contribution is -0.117. The smallest absolute Gasteiger partial charge is 0.263 e. The molecule has 1 saturated carbocycles. The molecule has 0 spiro atoms. The number of carbonyl (C=O) groups excluding carboxylic acids is 1. The molecule has 5 rings (SSSR count). The maximum absolute atomic E-state index is 12.6. The third-order valence-electron chi connectivity index (χ3n) is 5.39. The van der Waals surface area contributed by atoms with E-state index >= 15 is 0 Å². The molecule has 1 aromatic carbocycles. The van der Waals surface area contributed by atoms with Crippen LogP contribution in [0.25, 0.3) is 10.9 Å². The first-order valence-corrected chi connectivity index (χ1v) is 11.5. The fourth-order valence-electron chi connectivity index (χ4n) is 3.62. The van der Waals surface area contributed by atoms with Crippen molar-refractivity contribution in [3.05, 3.63) is 84.8 Å². The molecule has 1 fully saturated rings. The van der Waals surface area contributed by atoms with E-state index in [1.165, 1.54) is 6.20 Å². The Morgan fingerprint density at radius 1 is 0.938 bits per heavy atom. The highest BCUT2D eigenvalue weighted by Gasteiger charge is 2.44. The predicted molar refractivity (Wildman–Crippen MR) is 121 cm³/mol. The van der Waals surface area contributed by atoms with Gasteiger partial charge in [-0.3, -0.25) is 14.5 Å². The quantitative estimate of drug-likeness (QED) is 0.469. The van der Waals surface area contributed by atoms with Gasteiger partial charge in [0.25, 0.3) is 10.0 Å². The second kappa shape index (κ2) is 8.01. The Labute approximate surface area is 184 Å². The van der Waals surface area contributed by atoms with Gasteiger partial charge in [-0.15, -0.1) is 0 Å². The van der Waals surface area contributed by atoms with E-state index in [1.54, 1.807) is 67.0 Å². The minimum atomic E-state index is -3.73. The van der Waals surface area contributed by atoms with Crippen molar-refractivity contribution in [1.82, 2.24) is 15.0 Å². The zero-order valence-electron chi connectivity index (χ0n) is 16.8. The van der Waals surface area contributed by atoms with E-state index in [4.69, 9.17) is 0 Å². The van der Waals surface area contributed by atoms with Crippen LogP contribution >= 0.6 is 0 Å². The first-order chi connectivity index (χ1) is 15.5. The summed E-state index contributed by atoms with van der Waals surface area (Å²) >= 11 is 0. The topological polar surface area (TPSA) is 114 Å². The van der Waals surface area contributed by atoms with Gasteiger partial charge < -0.3 is 5.32 Å². The third-order valence-corrected chi connectivity index (χ3v) is 6.76. The molecule has 1 aliphatic rings. The minimum absolute atomic E-state index is 0.0557. The fourth-order valence-corrected chi connectivity index (χ4v) is 4.63. The molecule has 160 valence electrons. The summed E-state index contributed by atoms with van der Waals surface area (Å²) in [6.07, 6.45) is 5.61. The third kappa shape index (κ3) is 4.15. The number of hydrogen-bond acceptors (Lipinski definition) is 6. The van der Waals surface area contributed by atoms with E-state index in [0.717, 1.165) is 16.5 Å². The van der Waals surface area contributed by atoms with Gasteiger partial charge in [0.2, 0.25) is 5.91 Å². The molecular formula is C23H19N5O3S. The molecule has 9 heteroatoms. The number of nitrogens with one attached hydrogen (secondary N) is 2. The van der Waals surface area contributed by atoms with E-state index in [-0.39, 0.29) is 28.5 Å². The number of anilines is 2. The van der Waals surface area contributed by atoms with Crippen LogP contribution in [0, 0.1) is 5.92 Å². The largest absolute Gasteiger partial charge is 0.310 e. The predicted octanol–water partition coefficient (Wildman–Crippen LogP) is 3.57. The number of sulfonamides is 1.